The number of phenols is 1. The SMILES string of the molecule is CN(C)Cc1c(CC(=O)O)c2cc(O)c(-c3cccnc3)cc2n1C. The molecule has 0 saturated heterocycles. The van der Waals surface area contributed by atoms with Gasteiger partial charge in [-0.05, 0) is 37.9 Å². The average Bonchev–Trinajstić information content (AvgIpc) is 2.79. The van der Waals surface area contributed by atoms with Crippen LogP contribution < -0.4 is 0 Å². The van der Waals surface area contributed by atoms with E-state index in [0.29, 0.717) is 12.1 Å². The van der Waals surface area contributed by atoms with Crippen LogP contribution in [-0.2, 0) is 24.8 Å². The summed E-state index contributed by atoms with van der Waals surface area (Å²) in [6.45, 7) is 0.622. The molecule has 0 spiro atoms. The van der Waals surface area contributed by atoms with Crippen molar-refractivity contribution in [2.45, 2.75) is 13.0 Å². The number of hydrogen-bond acceptors (Lipinski definition) is 4. The van der Waals surface area contributed by atoms with Crippen LogP contribution >= 0.6 is 0 Å². The summed E-state index contributed by atoms with van der Waals surface area (Å²) in [5.74, 6) is -0.766. The fourth-order valence-electron chi connectivity index (χ4n) is 3.20. The molecule has 0 atom stereocenters. The molecule has 0 aliphatic rings. The van der Waals surface area contributed by atoms with E-state index in [0.717, 1.165) is 27.7 Å². The number of carboxylic acids is 1. The number of fused-ring (bicyclic) bond motifs is 1. The van der Waals surface area contributed by atoms with Crippen molar-refractivity contribution in [2.75, 3.05) is 14.1 Å². The first-order valence-electron chi connectivity index (χ1n) is 7.98. The minimum Gasteiger partial charge on any atom is -0.507 e. The van der Waals surface area contributed by atoms with E-state index in [1.807, 2.05) is 48.8 Å². The molecule has 0 aliphatic heterocycles. The lowest BCUT2D eigenvalue weighted by Crippen LogP contribution is -2.15. The van der Waals surface area contributed by atoms with E-state index in [1.165, 1.54) is 0 Å². The second-order valence-corrected chi connectivity index (χ2v) is 6.42. The van der Waals surface area contributed by atoms with Crippen LogP contribution in [0.1, 0.15) is 11.3 Å². The third-order valence-electron chi connectivity index (χ3n) is 4.32. The highest BCUT2D eigenvalue weighted by molar-refractivity contribution is 5.94. The van der Waals surface area contributed by atoms with Crippen molar-refractivity contribution in [1.29, 1.82) is 0 Å². The molecule has 6 heteroatoms. The Morgan fingerprint density at radius 1 is 1.32 bits per heavy atom. The van der Waals surface area contributed by atoms with Gasteiger partial charge in [-0.15, -0.1) is 0 Å². The lowest BCUT2D eigenvalue weighted by Gasteiger charge is -2.12. The fourth-order valence-corrected chi connectivity index (χ4v) is 3.20. The van der Waals surface area contributed by atoms with Gasteiger partial charge in [0.15, 0.2) is 0 Å². The van der Waals surface area contributed by atoms with E-state index in [-0.39, 0.29) is 12.2 Å². The maximum atomic E-state index is 11.3. The van der Waals surface area contributed by atoms with Crippen LogP contribution in [0.5, 0.6) is 5.75 Å². The molecule has 3 aromatic rings. The number of carboxylic acid groups (broad SMARTS) is 1. The Balaban J connectivity index is 2.26. The molecule has 0 fully saturated rings. The summed E-state index contributed by atoms with van der Waals surface area (Å²) < 4.78 is 2.01. The minimum atomic E-state index is -0.886. The van der Waals surface area contributed by atoms with Crippen LogP contribution in [0.2, 0.25) is 0 Å². The summed E-state index contributed by atoms with van der Waals surface area (Å²) in [5.41, 5.74) is 4.07. The third-order valence-corrected chi connectivity index (χ3v) is 4.32. The molecule has 2 aromatic heterocycles. The smallest absolute Gasteiger partial charge is 0.307 e. The summed E-state index contributed by atoms with van der Waals surface area (Å²) in [5, 5.41) is 20.6. The molecule has 3 rings (SSSR count). The van der Waals surface area contributed by atoms with Gasteiger partial charge in [0.05, 0.1) is 6.42 Å². The zero-order valence-corrected chi connectivity index (χ0v) is 14.5. The normalized spacial score (nSPS) is 11.4. The van der Waals surface area contributed by atoms with Gasteiger partial charge in [0, 0.05) is 53.7 Å². The van der Waals surface area contributed by atoms with E-state index in [2.05, 4.69) is 4.98 Å². The van der Waals surface area contributed by atoms with E-state index >= 15 is 0 Å². The van der Waals surface area contributed by atoms with Crippen molar-refractivity contribution in [3.8, 4) is 16.9 Å². The first-order chi connectivity index (χ1) is 11.9. The maximum absolute atomic E-state index is 11.3. The molecule has 0 radical (unpaired) electrons. The number of phenolic OH excluding ortho intramolecular Hbond substituents is 1. The number of hydrogen-bond donors (Lipinski definition) is 2. The highest BCUT2D eigenvalue weighted by atomic mass is 16.4. The summed E-state index contributed by atoms with van der Waals surface area (Å²) in [6, 6.07) is 7.26. The maximum Gasteiger partial charge on any atom is 0.307 e. The monoisotopic (exact) mass is 339 g/mol. The number of rotatable bonds is 5. The van der Waals surface area contributed by atoms with Gasteiger partial charge in [-0.2, -0.15) is 0 Å². The molecule has 1 aromatic carbocycles. The van der Waals surface area contributed by atoms with Gasteiger partial charge in [0.2, 0.25) is 0 Å². The van der Waals surface area contributed by atoms with Crippen LogP contribution in [0.3, 0.4) is 0 Å². The van der Waals surface area contributed by atoms with Gasteiger partial charge >= 0.3 is 5.97 Å². The largest absolute Gasteiger partial charge is 0.507 e. The zero-order valence-electron chi connectivity index (χ0n) is 14.5. The van der Waals surface area contributed by atoms with Gasteiger partial charge in [0.25, 0.3) is 0 Å². The molecule has 6 nitrogen and oxygen atoms in total. The molecular formula is C19H21N3O3. The van der Waals surface area contributed by atoms with Gasteiger partial charge in [-0.3, -0.25) is 9.78 Å². The van der Waals surface area contributed by atoms with E-state index in [4.69, 9.17) is 0 Å². The zero-order chi connectivity index (χ0) is 18.1. The Morgan fingerprint density at radius 2 is 2.08 bits per heavy atom. The molecular weight excluding hydrogens is 318 g/mol. The molecule has 0 unspecified atom stereocenters. The molecule has 130 valence electrons. The number of aromatic nitrogens is 2. The van der Waals surface area contributed by atoms with Crippen molar-refractivity contribution < 1.29 is 15.0 Å². The highest BCUT2D eigenvalue weighted by Gasteiger charge is 2.20. The highest BCUT2D eigenvalue weighted by Crippen LogP contribution is 2.36. The van der Waals surface area contributed by atoms with Crippen molar-refractivity contribution in [1.82, 2.24) is 14.5 Å². The van der Waals surface area contributed by atoms with Crippen LogP contribution in [0.25, 0.3) is 22.0 Å². The molecule has 0 bridgehead atoms. The predicted octanol–water partition coefficient (Wildman–Crippen LogP) is 2.63. The number of pyridine rings is 1. The second-order valence-electron chi connectivity index (χ2n) is 6.42. The van der Waals surface area contributed by atoms with Gasteiger partial charge < -0.3 is 19.7 Å². The van der Waals surface area contributed by atoms with Crippen molar-refractivity contribution in [3.05, 3.63) is 47.9 Å². The van der Waals surface area contributed by atoms with Crippen LogP contribution in [0, 0.1) is 0 Å². The molecule has 0 saturated carbocycles. The van der Waals surface area contributed by atoms with Crippen LogP contribution in [-0.4, -0.2) is 44.7 Å². The number of aromatic hydroxyl groups is 1. The van der Waals surface area contributed by atoms with Crippen molar-refractivity contribution >= 4 is 16.9 Å². The Kier molecular flexibility index (Phi) is 4.46. The molecule has 2 heterocycles. The minimum absolute atomic E-state index is 0.0772. The quantitative estimate of drug-likeness (QED) is 0.747. The lowest BCUT2D eigenvalue weighted by atomic mass is 10.0. The fraction of sp³-hybridized carbons (Fsp3) is 0.263. The predicted molar refractivity (Wildman–Crippen MR) is 96.5 cm³/mol. The van der Waals surface area contributed by atoms with E-state index < -0.39 is 5.97 Å². The summed E-state index contributed by atoms with van der Waals surface area (Å²) >= 11 is 0. The average molecular weight is 339 g/mol. The summed E-state index contributed by atoms with van der Waals surface area (Å²) in [4.78, 5) is 17.4. The first kappa shape index (κ1) is 17.0. The topological polar surface area (TPSA) is 78.6 Å². The Morgan fingerprint density at radius 3 is 2.68 bits per heavy atom. The van der Waals surface area contributed by atoms with Crippen molar-refractivity contribution in [2.24, 2.45) is 7.05 Å². The Bertz CT molecular complexity index is 930. The standard InChI is InChI=1S/C19H21N3O3/c1-21(2)11-17-15(9-19(24)25)14-8-18(23)13(7-16(14)22(17)3)12-5-4-6-20-10-12/h4-8,10,23H,9,11H2,1-3H3,(H,24,25). The number of nitrogens with zero attached hydrogens (tertiary/aromatic N) is 3. The molecule has 25 heavy (non-hydrogen) atoms. The number of aryl methyl sites for hydroxylation is 1. The number of aliphatic carboxylic acids is 1. The summed E-state index contributed by atoms with van der Waals surface area (Å²) in [6.07, 6.45) is 3.30. The lowest BCUT2D eigenvalue weighted by molar-refractivity contribution is -0.136. The summed E-state index contributed by atoms with van der Waals surface area (Å²) in [7, 11) is 5.82. The molecule has 2 N–H and O–H groups in total. The van der Waals surface area contributed by atoms with Crippen molar-refractivity contribution in [3.63, 3.8) is 0 Å². The molecule has 0 amide bonds. The van der Waals surface area contributed by atoms with Gasteiger partial charge in [-0.25, -0.2) is 0 Å². The first-order valence-corrected chi connectivity index (χ1v) is 7.98. The van der Waals surface area contributed by atoms with Gasteiger partial charge in [-0.1, -0.05) is 6.07 Å². The third kappa shape index (κ3) is 3.21. The molecule has 0 aliphatic carbocycles. The Hall–Kier alpha value is -2.86. The Labute approximate surface area is 146 Å². The van der Waals surface area contributed by atoms with E-state index in [1.54, 1.807) is 18.5 Å². The second kappa shape index (κ2) is 6.57. The number of carbonyl (C=O) groups is 1. The van der Waals surface area contributed by atoms with E-state index in [9.17, 15) is 15.0 Å². The van der Waals surface area contributed by atoms with Crippen LogP contribution in [0.15, 0.2) is 36.7 Å². The van der Waals surface area contributed by atoms with Crippen LogP contribution in [0.4, 0.5) is 0 Å². The van der Waals surface area contributed by atoms with Gasteiger partial charge in [0.1, 0.15) is 5.75 Å². The number of benzene rings is 1.